The smallest absolute Gasteiger partial charge is 0.291 e. The molecule has 0 heterocycles. The van der Waals surface area contributed by atoms with E-state index in [1.807, 2.05) is 0 Å². The lowest BCUT2D eigenvalue weighted by molar-refractivity contribution is -0.742. The minimum absolute atomic E-state index is 0.194. The van der Waals surface area contributed by atoms with Crippen LogP contribution in [0.4, 0.5) is 0 Å². The maximum absolute atomic E-state index is 8.36. The van der Waals surface area contributed by atoms with E-state index in [1.54, 1.807) is 0 Å². The molecule has 0 saturated carbocycles. The van der Waals surface area contributed by atoms with Crippen LogP contribution in [0.1, 0.15) is 20.8 Å². The molecule has 0 aromatic rings. The van der Waals surface area contributed by atoms with E-state index in [4.69, 9.17) is 15.3 Å². The van der Waals surface area contributed by atoms with Crippen molar-refractivity contribution in [3.63, 3.8) is 0 Å². The molecule has 4 nitrogen and oxygen atoms in total. The van der Waals surface area contributed by atoms with Crippen LogP contribution in [0.15, 0.2) is 0 Å². The van der Waals surface area contributed by atoms with E-state index in [-0.39, 0.29) is 4.75 Å². The van der Waals surface area contributed by atoms with Gasteiger partial charge in [0.25, 0.3) is 5.09 Å². The van der Waals surface area contributed by atoms with Gasteiger partial charge in [-0.25, -0.2) is 0 Å². The van der Waals surface area contributed by atoms with Crippen molar-refractivity contribution in [2.75, 3.05) is 0 Å². The summed E-state index contributed by atoms with van der Waals surface area (Å²) in [6.07, 6.45) is 0. The third-order valence-electron chi connectivity index (χ3n) is 0. The Hall–Kier alpha value is -0.450. The highest BCUT2D eigenvalue weighted by molar-refractivity contribution is 7.81. The maximum atomic E-state index is 8.36. The molecule has 0 bridgehead atoms. The Bertz CT molecular complexity index is 78.3. The minimum atomic E-state index is -1.50. The van der Waals surface area contributed by atoms with Gasteiger partial charge in [-0.2, -0.15) is 12.6 Å². The summed E-state index contributed by atoms with van der Waals surface area (Å²) in [5, 5.41) is 13.6. The molecule has 1 N–H and O–H groups in total. The molecule has 0 radical (unpaired) electrons. The van der Waals surface area contributed by atoms with Gasteiger partial charge in [0.15, 0.2) is 0 Å². The number of nitrogens with zero attached hydrogens (tertiary/aromatic N) is 1. The summed E-state index contributed by atoms with van der Waals surface area (Å²) < 4.78 is 0.194. The number of hydrogen-bond acceptors (Lipinski definition) is 3. The average Bonchev–Trinajstić information content (AvgIpc) is 1.19. The molecule has 0 fully saturated rings. The van der Waals surface area contributed by atoms with Gasteiger partial charge in [-0.1, -0.05) is 20.8 Å². The molecule has 0 rings (SSSR count). The standard InChI is InChI=1S/C4H10S.HNO3/c1-4(2,3)5;2-1(3)4/h5H,1-3H3;(H,2,3,4). The van der Waals surface area contributed by atoms with Crippen LogP contribution in [0.25, 0.3) is 0 Å². The summed E-state index contributed by atoms with van der Waals surface area (Å²) in [5.74, 6) is 0. The molecular formula is C4H11NO3S. The summed E-state index contributed by atoms with van der Waals surface area (Å²) in [6, 6.07) is 0. The molecular weight excluding hydrogens is 142 g/mol. The lowest BCUT2D eigenvalue weighted by atomic mass is 10.3. The van der Waals surface area contributed by atoms with E-state index >= 15 is 0 Å². The van der Waals surface area contributed by atoms with Crippen LogP contribution in [0.3, 0.4) is 0 Å². The quantitative estimate of drug-likeness (QED) is 0.314. The molecule has 0 atom stereocenters. The molecule has 56 valence electrons. The normalized spacial score (nSPS) is 9.33. The number of thiol groups is 1. The van der Waals surface area contributed by atoms with Gasteiger partial charge < -0.3 is 5.21 Å². The third kappa shape index (κ3) is 1150. The fourth-order valence-electron chi connectivity index (χ4n) is 0. The minimum Gasteiger partial charge on any atom is -0.328 e. The van der Waals surface area contributed by atoms with Crippen molar-refractivity contribution in [3.8, 4) is 0 Å². The molecule has 0 aliphatic heterocycles. The molecule has 0 aliphatic carbocycles. The van der Waals surface area contributed by atoms with Crippen molar-refractivity contribution >= 4 is 12.6 Å². The fraction of sp³-hybridized carbons (Fsp3) is 1.00. The first-order valence-electron chi connectivity index (χ1n) is 2.29. The van der Waals surface area contributed by atoms with Crippen molar-refractivity contribution < 1.29 is 10.3 Å². The molecule has 5 heteroatoms. The Labute approximate surface area is 59.4 Å². The van der Waals surface area contributed by atoms with Gasteiger partial charge in [0.05, 0.1) is 0 Å². The Morgan fingerprint density at radius 3 is 1.56 bits per heavy atom. The van der Waals surface area contributed by atoms with E-state index in [0.717, 1.165) is 0 Å². The second-order valence-corrected chi connectivity index (χ2v) is 3.75. The second kappa shape index (κ2) is 4.43. The van der Waals surface area contributed by atoms with Gasteiger partial charge >= 0.3 is 0 Å². The fourth-order valence-corrected chi connectivity index (χ4v) is 0. The lowest BCUT2D eigenvalue weighted by Gasteiger charge is -2.04. The second-order valence-electron chi connectivity index (χ2n) is 2.41. The van der Waals surface area contributed by atoms with Gasteiger partial charge in [0.2, 0.25) is 0 Å². The summed E-state index contributed by atoms with van der Waals surface area (Å²) >= 11 is 4.12. The highest BCUT2D eigenvalue weighted by Gasteiger charge is 1.96. The zero-order valence-corrected chi connectivity index (χ0v) is 6.55. The summed E-state index contributed by atoms with van der Waals surface area (Å²) in [5.41, 5.74) is 0. The summed E-state index contributed by atoms with van der Waals surface area (Å²) in [6.45, 7) is 6.16. The summed E-state index contributed by atoms with van der Waals surface area (Å²) in [7, 11) is 0. The highest BCUT2D eigenvalue weighted by Crippen LogP contribution is 2.07. The molecule has 0 unspecified atom stereocenters. The van der Waals surface area contributed by atoms with Crippen LogP contribution in [0.2, 0.25) is 0 Å². The third-order valence-corrected chi connectivity index (χ3v) is 0. The van der Waals surface area contributed by atoms with E-state index in [1.165, 1.54) is 0 Å². The van der Waals surface area contributed by atoms with Gasteiger partial charge in [0, 0.05) is 4.75 Å². The number of rotatable bonds is 0. The van der Waals surface area contributed by atoms with Crippen molar-refractivity contribution in [2.45, 2.75) is 25.5 Å². The van der Waals surface area contributed by atoms with Crippen LogP contribution >= 0.6 is 12.6 Å². The predicted octanol–water partition coefficient (Wildman–Crippen LogP) is 1.37. The van der Waals surface area contributed by atoms with Gasteiger partial charge in [0.1, 0.15) is 0 Å². The van der Waals surface area contributed by atoms with Crippen LogP contribution < -0.4 is 0 Å². The van der Waals surface area contributed by atoms with Crippen molar-refractivity contribution in [3.05, 3.63) is 10.1 Å². The highest BCUT2D eigenvalue weighted by atomic mass is 32.1. The van der Waals surface area contributed by atoms with Crippen molar-refractivity contribution in [2.24, 2.45) is 0 Å². The zero-order chi connectivity index (χ0) is 8.08. The molecule has 0 saturated heterocycles. The van der Waals surface area contributed by atoms with Gasteiger partial charge in [-0.05, 0) is 0 Å². The lowest BCUT2D eigenvalue weighted by Crippen LogP contribution is -1.99. The predicted molar refractivity (Wildman–Crippen MR) is 37.5 cm³/mol. The number of hydrogen-bond donors (Lipinski definition) is 2. The van der Waals surface area contributed by atoms with Crippen LogP contribution in [0.5, 0.6) is 0 Å². The van der Waals surface area contributed by atoms with E-state index in [9.17, 15) is 0 Å². The molecule has 0 amide bonds. The molecule has 0 aromatic heterocycles. The van der Waals surface area contributed by atoms with Crippen molar-refractivity contribution in [1.29, 1.82) is 0 Å². The van der Waals surface area contributed by atoms with E-state index < -0.39 is 5.09 Å². The van der Waals surface area contributed by atoms with Crippen LogP contribution in [-0.4, -0.2) is 15.0 Å². The van der Waals surface area contributed by atoms with E-state index in [0.29, 0.717) is 0 Å². The van der Waals surface area contributed by atoms with Crippen molar-refractivity contribution in [1.82, 2.24) is 0 Å². The van der Waals surface area contributed by atoms with Crippen LogP contribution in [-0.2, 0) is 0 Å². The first kappa shape index (κ1) is 11.4. The largest absolute Gasteiger partial charge is 0.328 e. The summed E-state index contributed by atoms with van der Waals surface area (Å²) in [4.78, 5) is 8.36. The monoisotopic (exact) mass is 153 g/mol. The zero-order valence-electron chi connectivity index (χ0n) is 5.66. The maximum Gasteiger partial charge on any atom is 0.291 e. The first-order chi connectivity index (χ1) is 3.73. The SMILES string of the molecule is CC(C)(C)S.O=[N+]([O-])O. The average molecular weight is 153 g/mol. The first-order valence-corrected chi connectivity index (χ1v) is 2.74. The topological polar surface area (TPSA) is 63.4 Å². The molecule has 0 spiro atoms. The van der Waals surface area contributed by atoms with E-state index in [2.05, 4.69) is 33.4 Å². The molecule has 9 heavy (non-hydrogen) atoms. The Morgan fingerprint density at radius 2 is 1.56 bits per heavy atom. The Kier molecular flexibility index (Phi) is 5.59. The Balaban J connectivity index is 0. The Morgan fingerprint density at radius 1 is 1.56 bits per heavy atom. The van der Waals surface area contributed by atoms with Gasteiger partial charge in [-0.3, -0.25) is 0 Å². The molecule has 0 aliphatic rings. The van der Waals surface area contributed by atoms with Gasteiger partial charge in [-0.15, -0.1) is 10.1 Å². The van der Waals surface area contributed by atoms with Crippen LogP contribution in [0, 0.1) is 10.1 Å². The molecule has 0 aromatic carbocycles.